The van der Waals surface area contributed by atoms with Crippen molar-refractivity contribution in [3.63, 3.8) is 0 Å². The molecule has 0 unspecified atom stereocenters. The highest BCUT2D eigenvalue weighted by Gasteiger charge is 2.31. The number of aromatic nitrogens is 1. The molecule has 0 bridgehead atoms. The van der Waals surface area contributed by atoms with Crippen molar-refractivity contribution in [1.82, 2.24) is 14.2 Å². The van der Waals surface area contributed by atoms with Crippen LogP contribution in [0.2, 0.25) is 0 Å². The van der Waals surface area contributed by atoms with Crippen LogP contribution < -0.4 is 0 Å². The van der Waals surface area contributed by atoms with Gasteiger partial charge in [0.15, 0.2) is 0 Å². The number of hydrogen-bond donors (Lipinski definition) is 0. The fraction of sp³-hybridized carbons (Fsp3) is 0.250. The molecule has 0 saturated carbocycles. The summed E-state index contributed by atoms with van der Waals surface area (Å²) in [6.07, 6.45) is 3.14. The van der Waals surface area contributed by atoms with E-state index in [4.69, 9.17) is 0 Å². The van der Waals surface area contributed by atoms with Crippen LogP contribution in [-0.2, 0) is 10.0 Å². The van der Waals surface area contributed by atoms with Crippen molar-refractivity contribution in [2.24, 2.45) is 0 Å². The van der Waals surface area contributed by atoms with Crippen LogP contribution in [0.15, 0.2) is 56.6 Å². The Bertz CT molecular complexity index is 883. The van der Waals surface area contributed by atoms with Crippen LogP contribution in [0.1, 0.15) is 10.4 Å². The standard InChI is InChI=1S/C16H15Br2N3O3S/c17-13-1-2-14(18)15(11-13)25(23,24)21-9-7-20(8-10-21)16(22)12-3-5-19-6-4-12/h1-6,11H,7-10H2. The molecule has 1 amide bonds. The Hall–Kier alpha value is -1.29. The van der Waals surface area contributed by atoms with Crippen molar-refractivity contribution >= 4 is 47.8 Å². The van der Waals surface area contributed by atoms with Gasteiger partial charge in [-0.2, -0.15) is 4.31 Å². The molecule has 3 rings (SSSR count). The predicted molar refractivity (Wildman–Crippen MR) is 101 cm³/mol. The number of amides is 1. The molecule has 0 spiro atoms. The molecule has 0 aliphatic carbocycles. The van der Waals surface area contributed by atoms with E-state index in [1.54, 1.807) is 47.6 Å². The Morgan fingerprint density at radius 1 is 1.00 bits per heavy atom. The van der Waals surface area contributed by atoms with Gasteiger partial charge in [0.1, 0.15) is 0 Å². The monoisotopic (exact) mass is 487 g/mol. The average molecular weight is 489 g/mol. The second-order valence-corrected chi connectivity index (χ2v) is 9.18. The topological polar surface area (TPSA) is 70.6 Å². The quantitative estimate of drug-likeness (QED) is 0.666. The third kappa shape index (κ3) is 3.94. The van der Waals surface area contributed by atoms with Crippen molar-refractivity contribution in [3.05, 3.63) is 57.2 Å². The summed E-state index contributed by atoms with van der Waals surface area (Å²) < 4.78 is 28.4. The van der Waals surface area contributed by atoms with Gasteiger partial charge in [-0.05, 0) is 46.3 Å². The highest BCUT2D eigenvalue weighted by Crippen LogP contribution is 2.28. The van der Waals surface area contributed by atoms with Gasteiger partial charge in [0, 0.05) is 53.1 Å². The molecule has 9 heteroatoms. The molecule has 2 heterocycles. The van der Waals surface area contributed by atoms with Gasteiger partial charge in [-0.1, -0.05) is 15.9 Å². The lowest BCUT2D eigenvalue weighted by atomic mass is 10.2. The number of nitrogens with zero attached hydrogens (tertiary/aromatic N) is 3. The molecule has 0 N–H and O–H groups in total. The summed E-state index contributed by atoms with van der Waals surface area (Å²) in [6.45, 7) is 1.23. The summed E-state index contributed by atoms with van der Waals surface area (Å²) in [5.74, 6) is -0.108. The third-order valence-corrected chi connectivity index (χ3v) is 7.35. The first-order valence-electron chi connectivity index (χ1n) is 7.54. The summed E-state index contributed by atoms with van der Waals surface area (Å²) >= 11 is 6.61. The van der Waals surface area contributed by atoms with Gasteiger partial charge in [-0.25, -0.2) is 8.42 Å². The summed E-state index contributed by atoms with van der Waals surface area (Å²) in [7, 11) is -3.62. The van der Waals surface area contributed by atoms with E-state index in [1.807, 2.05) is 0 Å². The zero-order chi connectivity index (χ0) is 18.0. The van der Waals surface area contributed by atoms with Crippen molar-refractivity contribution in [1.29, 1.82) is 0 Å². The van der Waals surface area contributed by atoms with Crippen LogP contribution >= 0.6 is 31.9 Å². The first-order valence-corrected chi connectivity index (χ1v) is 10.6. The number of sulfonamides is 1. The highest BCUT2D eigenvalue weighted by atomic mass is 79.9. The number of pyridine rings is 1. The van der Waals surface area contributed by atoms with Gasteiger partial charge in [-0.3, -0.25) is 9.78 Å². The molecule has 1 fully saturated rings. The SMILES string of the molecule is O=C(c1ccncc1)N1CCN(S(=O)(=O)c2cc(Br)ccc2Br)CC1. The predicted octanol–water partition coefficient (Wildman–Crippen LogP) is 2.75. The number of benzene rings is 1. The Kier molecular flexibility index (Phi) is 5.57. The molecular formula is C16H15Br2N3O3S. The van der Waals surface area contributed by atoms with E-state index in [0.717, 1.165) is 0 Å². The summed E-state index contributed by atoms with van der Waals surface area (Å²) in [6, 6.07) is 8.36. The maximum Gasteiger partial charge on any atom is 0.254 e. The van der Waals surface area contributed by atoms with Crippen LogP contribution in [0.4, 0.5) is 0 Å². The molecule has 2 aromatic rings. The van der Waals surface area contributed by atoms with Crippen molar-refractivity contribution in [3.8, 4) is 0 Å². The van der Waals surface area contributed by atoms with Crippen molar-refractivity contribution < 1.29 is 13.2 Å². The van der Waals surface area contributed by atoms with Gasteiger partial charge in [0.05, 0.1) is 4.90 Å². The first-order chi connectivity index (χ1) is 11.9. The molecule has 6 nitrogen and oxygen atoms in total. The Morgan fingerprint density at radius 2 is 1.64 bits per heavy atom. The number of carbonyl (C=O) groups excluding carboxylic acids is 1. The molecule has 0 radical (unpaired) electrons. The first kappa shape index (κ1) is 18.5. The van der Waals surface area contributed by atoms with Crippen LogP contribution in [0.5, 0.6) is 0 Å². The van der Waals surface area contributed by atoms with E-state index < -0.39 is 10.0 Å². The Morgan fingerprint density at radius 3 is 2.28 bits per heavy atom. The summed E-state index contributed by atoms with van der Waals surface area (Å²) in [5, 5.41) is 0. The van der Waals surface area contributed by atoms with Crippen molar-refractivity contribution in [2.45, 2.75) is 4.90 Å². The Balaban J connectivity index is 1.73. The maximum atomic E-state index is 12.9. The minimum absolute atomic E-state index is 0.108. The Labute approximate surface area is 163 Å². The molecule has 1 saturated heterocycles. The van der Waals surface area contributed by atoms with Gasteiger partial charge in [-0.15, -0.1) is 0 Å². The lowest BCUT2D eigenvalue weighted by Crippen LogP contribution is -2.50. The largest absolute Gasteiger partial charge is 0.336 e. The molecule has 132 valence electrons. The van der Waals surface area contributed by atoms with E-state index in [9.17, 15) is 13.2 Å². The van der Waals surface area contributed by atoms with E-state index in [2.05, 4.69) is 36.8 Å². The number of hydrogen-bond acceptors (Lipinski definition) is 4. The minimum Gasteiger partial charge on any atom is -0.336 e. The molecule has 0 atom stereocenters. The zero-order valence-electron chi connectivity index (χ0n) is 13.1. The van der Waals surface area contributed by atoms with Gasteiger partial charge < -0.3 is 4.90 Å². The molecule has 1 aromatic heterocycles. The second-order valence-electron chi connectivity index (χ2n) is 5.51. The number of rotatable bonds is 3. The number of carbonyl (C=O) groups is 1. The zero-order valence-corrected chi connectivity index (χ0v) is 17.1. The highest BCUT2D eigenvalue weighted by molar-refractivity contribution is 9.11. The van der Waals surface area contributed by atoms with E-state index in [-0.39, 0.29) is 23.9 Å². The van der Waals surface area contributed by atoms with Crippen LogP contribution in [0.25, 0.3) is 0 Å². The molecule has 25 heavy (non-hydrogen) atoms. The minimum atomic E-state index is -3.62. The third-order valence-electron chi connectivity index (χ3n) is 3.96. The van der Waals surface area contributed by atoms with E-state index in [0.29, 0.717) is 27.6 Å². The second kappa shape index (κ2) is 7.53. The summed E-state index contributed by atoms with van der Waals surface area (Å²) in [5.41, 5.74) is 0.557. The maximum absolute atomic E-state index is 12.9. The van der Waals surface area contributed by atoms with E-state index in [1.165, 1.54) is 4.31 Å². The normalized spacial score (nSPS) is 16.0. The van der Waals surface area contributed by atoms with Crippen LogP contribution in [0, 0.1) is 0 Å². The van der Waals surface area contributed by atoms with Gasteiger partial charge in [0.25, 0.3) is 5.91 Å². The molecule has 1 aliphatic rings. The number of piperazine rings is 1. The molecular weight excluding hydrogens is 474 g/mol. The fourth-order valence-electron chi connectivity index (χ4n) is 2.62. The van der Waals surface area contributed by atoms with Gasteiger partial charge in [0.2, 0.25) is 10.0 Å². The fourth-order valence-corrected chi connectivity index (χ4v) is 5.51. The van der Waals surface area contributed by atoms with Gasteiger partial charge >= 0.3 is 0 Å². The van der Waals surface area contributed by atoms with E-state index >= 15 is 0 Å². The lowest BCUT2D eigenvalue weighted by molar-refractivity contribution is 0.0697. The number of halogens is 2. The molecule has 1 aromatic carbocycles. The molecule has 1 aliphatic heterocycles. The van der Waals surface area contributed by atoms with Crippen molar-refractivity contribution in [2.75, 3.05) is 26.2 Å². The smallest absolute Gasteiger partial charge is 0.254 e. The van der Waals surface area contributed by atoms with Crippen LogP contribution in [0.3, 0.4) is 0 Å². The summed E-state index contributed by atoms with van der Waals surface area (Å²) in [4.78, 5) is 18.2. The van der Waals surface area contributed by atoms with Crippen LogP contribution in [-0.4, -0.2) is 54.7 Å². The average Bonchev–Trinajstić information content (AvgIpc) is 2.64. The lowest BCUT2D eigenvalue weighted by Gasteiger charge is -2.34.